The molecule has 0 aliphatic rings. The van der Waals surface area contributed by atoms with E-state index in [1.54, 1.807) is 0 Å². The standard InChI is InChI=1S/C12H14BrClFNO4S/c1-3-4-16-12(17)7(2)20-10-6-9(15)11(5-8(10)13)21(14,18)19/h5-7H,3-4H2,1-2H3,(H,16,17). The lowest BCUT2D eigenvalue weighted by molar-refractivity contribution is -0.127. The minimum absolute atomic E-state index is 0.00992. The van der Waals surface area contributed by atoms with Gasteiger partial charge in [-0.15, -0.1) is 0 Å². The molecule has 0 saturated carbocycles. The Morgan fingerprint density at radius 1 is 1.52 bits per heavy atom. The Morgan fingerprint density at radius 2 is 2.14 bits per heavy atom. The predicted molar refractivity (Wildman–Crippen MR) is 80.5 cm³/mol. The zero-order chi connectivity index (χ0) is 16.2. The number of carbonyl (C=O) groups is 1. The molecule has 0 aliphatic carbocycles. The number of rotatable bonds is 6. The molecule has 0 aliphatic heterocycles. The van der Waals surface area contributed by atoms with Crippen molar-refractivity contribution in [1.82, 2.24) is 5.32 Å². The third-order valence-corrected chi connectivity index (χ3v) is 4.43. The smallest absolute Gasteiger partial charge is 0.264 e. The molecule has 0 aromatic heterocycles. The summed E-state index contributed by atoms with van der Waals surface area (Å²) in [5.41, 5.74) is 0. The van der Waals surface area contributed by atoms with E-state index in [1.807, 2.05) is 6.92 Å². The molecule has 9 heteroatoms. The number of amides is 1. The summed E-state index contributed by atoms with van der Waals surface area (Å²) in [6.45, 7) is 3.91. The summed E-state index contributed by atoms with van der Waals surface area (Å²) in [7, 11) is 0.911. The Labute approximate surface area is 135 Å². The van der Waals surface area contributed by atoms with Crippen LogP contribution in [-0.4, -0.2) is 27.0 Å². The fraction of sp³-hybridized carbons (Fsp3) is 0.417. The van der Waals surface area contributed by atoms with E-state index < -0.39 is 25.9 Å². The Balaban J connectivity index is 2.96. The first-order valence-corrected chi connectivity index (χ1v) is 9.15. The molecule has 0 spiro atoms. The monoisotopic (exact) mass is 401 g/mol. The van der Waals surface area contributed by atoms with E-state index in [0.29, 0.717) is 6.54 Å². The van der Waals surface area contributed by atoms with Crippen LogP contribution in [0.4, 0.5) is 4.39 Å². The third-order valence-electron chi connectivity index (χ3n) is 2.47. The van der Waals surface area contributed by atoms with Gasteiger partial charge in [0.05, 0.1) is 4.47 Å². The average Bonchev–Trinajstić information content (AvgIpc) is 2.38. The van der Waals surface area contributed by atoms with Gasteiger partial charge in [0.2, 0.25) is 0 Å². The number of carbonyl (C=O) groups excluding carboxylic acids is 1. The van der Waals surface area contributed by atoms with Gasteiger partial charge in [0.1, 0.15) is 16.5 Å². The minimum atomic E-state index is -4.20. The fourth-order valence-electron chi connectivity index (χ4n) is 1.42. The van der Waals surface area contributed by atoms with Crippen molar-refractivity contribution in [3.8, 4) is 5.75 Å². The maximum atomic E-state index is 13.7. The maximum absolute atomic E-state index is 13.7. The van der Waals surface area contributed by atoms with Crippen LogP contribution >= 0.6 is 26.6 Å². The van der Waals surface area contributed by atoms with Crippen LogP contribution in [0.5, 0.6) is 5.75 Å². The second-order valence-corrected chi connectivity index (χ2v) is 7.59. The van der Waals surface area contributed by atoms with Crippen molar-refractivity contribution >= 4 is 41.6 Å². The Hall–Kier alpha value is -0.860. The summed E-state index contributed by atoms with van der Waals surface area (Å²) >= 11 is 3.06. The summed E-state index contributed by atoms with van der Waals surface area (Å²) in [5, 5.41) is 2.63. The van der Waals surface area contributed by atoms with Gasteiger partial charge < -0.3 is 10.1 Å². The van der Waals surface area contributed by atoms with Gasteiger partial charge >= 0.3 is 0 Å². The first-order chi connectivity index (χ1) is 9.66. The van der Waals surface area contributed by atoms with Gasteiger partial charge in [0.25, 0.3) is 15.0 Å². The van der Waals surface area contributed by atoms with E-state index >= 15 is 0 Å². The van der Waals surface area contributed by atoms with E-state index in [2.05, 4.69) is 21.2 Å². The van der Waals surface area contributed by atoms with Gasteiger partial charge in [-0.05, 0) is 35.3 Å². The SMILES string of the molecule is CCCNC(=O)C(C)Oc1cc(F)c(S(=O)(=O)Cl)cc1Br. The van der Waals surface area contributed by atoms with Crippen LogP contribution in [0, 0.1) is 5.82 Å². The van der Waals surface area contributed by atoms with Gasteiger partial charge in [-0.3, -0.25) is 4.79 Å². The molecule has 0 heterocycles. The molecule has 0 radical (unpaired) electrons. The van der Waals surface area contributed by atoms with Gasteiger partial charge in [0, 0.05) is 23.3 Å². The Morgan fingerprint density at radius 3 is 2.67 bits per heavy atom. The summed E-state index contributed by atoms with van der Waals surface area (Å²) in [4.78, 5) is 11.0. The van der Waals surface area contributed by atoms with E-state index in [9.17, 15) is 17.6 Å². The van der Waals surface area contributed by atoms with Crippen molar-refractivity contribution in [2.45, 2.75) is 31.3 Å². The third kappa shape index (κ3) is 5.12. The van der Waals surface area contributed by atoms with Crippen molar-refractivity contribution in [1.29, 1.82) is 0 Å². The van der Waals surface area contributed by atoms with E-state index in [0.717, 1.165) is 18.6 Å². The van der Waals surface area contributed by atoms with Crippen LogP contribution in [0.25, 0.3) is 0 Å². The normalized spacial score (nSPS) is 12.8. The molecule has 1 unspecified atom stereocenters. The lowest BCUT2D eigenvalue weighted by Crippen LogP contribution is -2.36. The molecule has 1 amide bonds. The molecule has 21 heavy (non-hydrogen) atoms. The highest BCUT2D eigenvalue weighted by Crippen LogP contribution is 2.32. The highest BCUT2D eigenvalue weighted by Gasteiger charge is 2.21. The first-order valence-electron chi connectivity index (χ1n) is 6.05. The molecule has 1 atom stereocenters. The topological polar surface area (TPSA) is 72.5 Å². The number of benzene rings is 1. The van der Waals surface area contributed by atoms with Gasteiger partial charge in [-0.2, -0.15) is 0 Å². The molecular formula is C12H14BrClFNO4S. The molecular weight excluding hydrogens is 389 g/mol. The molecule has 1 aromatic rings. The molecule has 0 fully saturated rings. The zero-order valence-electron chi connectivity index (χ0n) is 11.3. The van der Waals surface area contributed by atoms with Crippen LogP contribution in [0.15, 0.2) is 21.5 Å². The molecule has 0 saturated heterocycles. The minimum Gasteiger partial charge on any atom is -0.480 e. The molecule has 1 rings (SSSR count). The van der Waals surface area contributed by atoms with Gasteiger partial charge in [0.15, 0.2) is 6.10 Å². The lowest BCUT2D eigenvalue weighted by atomic mass is 10.3. The molecule has 5 nitrogen and oxygen atoms in total. The molecule has 1 aromatic carbocycles. The van der Waals surface area contributed by atoms with Crippen LogP contribution in [-0.2, 0) is 13.8 Å². The largest absolute Gasteiger partial charge is 0.480 e. The fourth-order valence-corrected chi connectivity index (χ4v) is 2.92. The maximum Gasteiger partial charge on any atom is 0.264 e. The second-order valence-electron chi connectivity index (χ2n) is 4.20. The highest BCUT2D eigenvalue weighted by molar-refractivity contribution is 9.10. The number of hydrogen-bond donors (Lipinski definition) is 1. The second kappa shape index (κ2) is 7.42. The van der Waals surface area contributed by atoms with Gasteiger partial charge in [-0.1, -0.05) is 6.92 Å². The number of hydrogen-bond acceptors (Lipinski definition) is 4. The van der Waals surface area contributed by atoms with Crippen molar-refractivity contribution in [2.75, 3.05) is 6.54 Å². The predicted octanol–water partition coefficient (Wildman–Crippen LogP) is 2.81. The van der Waals surface area contributed by atoms with Crippen molar-refractivity contribution in [2.24, 2.45) is 0 Å². The molecule has 0 bridgehead atoms. The van der Waals surface area contributed by atoms with Crippen molar-refractivity contribution < 1.29 is 22.3 Å². The van der Waals surface area contributed by atoms with Crippen molar-refractivity contribution in [3.05, 3.63) is 22.4 Å². The number of ether oxygens (including phenoxy) is 1. The summed E-state index contributed by atoms with van der Waals surface area (Å²) < 4.78 is 41.5. The quantitative estimate of drug-likeness (QED) is 0.743. The Bertz CT molecular complexity index is 638. The molecule has 118 valence electrons. The van der Waals surface area contributed by atoms with Crippen molar-refractivity contribution in [3.63, 3.8) is 0 Å². The van der Waals surface area contributed by atoms with Crippen LogP contribution in [0.3, 0.4) is 0 Å². The van der Waals surface area contributed by atoms with Gasteiger partial charge in [-0.25, -0.2) is 12.8 Å². The van der Waals surface area contributed by atoms with Crippen LogP contribution in [0.2, 0.25) is 0 Å². The zero-order valence-corrected chi connectivity index (χ0v) is 14.5. The summed E-state index contributed by atoms with van der Waals surface area (Å²) in [6, 6.07) is 1.85. The lowest BCUT2D eigenvalue weighted by Gasteiger charge is -2.16. The summed E-state index contributed by atoms with van der Waals surface area (Å²) in [6.07, 6.45) is -0.0790. The first kappa shape index (κ1) is 18.2. The van der Waals surface area contributed by atoms with E-state index in [4.69, 9.17) is 15.4 Å². The average molecular weight is 403 g/mol. The molecule has 1 N–H and O–H groups in total. The summed E-state index contributed by atoms with van der Waals surface area (Å²) in [5.74, 6) is -1.39. The number of halogens is 3. The van der Waals surface area contributed by atoms with E-state index in [-0.39, 0.29) is 16.1 Å². The van der Waals surface area contributed by atoms with Crippen LogP contribution < -0.4 is 10.1 Å². The number of nitrogens with one attached hydrogen (secondary N) is 1. The van der Waals surface area contributed by atoms with E-state index in [1.165, 1.54) is 6.92 Å². The van der Waals surface area contributed by atoms with Crippen LogP contribution in [0.1, 0.15) is 20.3 Å². The highest BCUT2D eigenvalue weighted by atomic mass is 79.9. The Kier molecular flexibility index (Phi) is 6.42.